The molecule has 7 heteroatoms. The Morgan fingerprint density at radius 3 is 2.53 bits per heavy atom. The summed E-state index contributed by atoms with van der Waals surface area (Å²) in [5.41, 5.74) is 6.43. The molecule has 0 unspecified atom stereocenters. The van der Waals surface area contributed by atoms with Gasteiger partial charge in [0, 0.05) is 5.69 Å². The third kappa shape index (κ3) is 5.07. The number of anilines is 1. The van der Waals surface area contributed by atoms with E-state index in [1.54, 1.807) is 18.2 Å². The molecule has 0 aromatic heterocycles. The monoisotopic (exact) mass is 265 g/mol. The molecule has 0 aliphatic heterocycles. The molecule has 0 bridgehead atoms. The van der Waals surface area contributed by atoms with Crippen molar-refractivity contribution in [2.45, 2.75) is 6.92 Å². The lowest BCUT2D eigenvalue weighted by Gasteiger charge is -2.19. The van der Waals surface area contributed by atoms with Gasteiger partial charge >= 0.3 is 12.0 Å². The second-order valence-corrected chi connectivity index (χ2v) is 4.02. The first-order valence-electron chi connectivity index (χ1n) is 5.51. The Morgan fingerprint density at radius 2 is 2.00 bits per heavy atom. The highest BCUT2D eigenvalue weighted by Crippen LogP contribution is 2.10. The summed E-state index contributed by atoms with van der Waals surface area (Å²) >= 11 is 0. The zero-order chi connectivity index (χ0) is 14.4. The van der Waals surface area contributed by atoms with Gasteiger partial charge < -0.3 is 21.1 Å². The van der Waals surface area contributed by atoms with Crippen LogP contribution in [0, 0.1) is 6.92 Å². The predicted molar refractivity (Wildman–Crippen MR) is 68.6 cm³/mol. The van der Waals surface area contributed by atoms with Gasteiger partial charge in [0.1, 0.15) is 13.1 Å². The van der Waals surface area contributed by atoms with E-state index < -0.39 is 31.0 Å². The summed E-state index contributed by atoms with van der Waals surface area (Å²) in [4.78, 5) is 34.1. The molecule has 102 valence electrons. The number of nitrogens with one attached hydrogen (secondary N) is 1. The average molecular weight is 265 g/mol. The normalized spacial score (nSPS) is 9.74. The van der Waals surface area contributed by atoms with Crippen molar-refractivity contribution in [3.63, 3.8) is 0 Å². The fourth-order valence-electron chi connectivity index (χ4n) is 1.48. The number of aryl methyl sites for hydroxylation is 1. The highest BCUT2D eigenvalue weighted by Gasteiger charge is 2.18. The Hall–Kier alpha value is -2.57. The lowest BCUT2D eigenvalue weighted by molar-refractivity contribution is -0.137. The van der Waals surface area contributed by atoms with Crippen molar-refractivity contribution in [2.24, 2.45) is 5.73 Å². The number of carboxylic acid groups (broad SMARTS) is 1. The first-order valence-corrected chi connectivity index (χ1v) is 5.51. The number of nitrogens with zero attached hydrogens (tertiary/aromatic N) is 1. The minimum Gasteiger partial charge on any atom is -0.480 e. The summed E-state index contributed by atoms with van der Waals surface area (Å²) in [5.74, 6) is -2.00. The molecule has 1 rings (SSSR count). The van der Waals surface area contributed by atoms with E-state index in [1.807, 2.05) is 13.0 Å². The second-order valence-electron chi connectivity index (χ2n) is 4.02. The molecule has 0 aliphatic carbocycles. The third-order valence-corrected chi connectivity index (χ3v) is 2.23. The molecule has 3 amide bonds. The largest absolute Gasteiger partial charge is 0.480 e. The lowest BCUT2D eigenvalue weighted by atomic mass is 10.2. The quantitative estimate of drug-likeness (QED) is 0.715. The molecule has 0 heterocycles. The highest BCUT2D eigenvalue weighted by atomic mass is 16.4. The number of carboxylic acids is 1. The van der Waals surface area contributed by atoms with Gasteiger partial charge in [-0.1, -0.05) is 12.1 Å². The number of hydrogen-bond acceptors (Lipinski definition) is 3. The van der Waals surface area contributed by atoms with E-state index >= 15 is 0 Å². The maximum Gasteiger partial charge on any atom is 0.323 e. The Morgan fingerprint density at radius 1 is 1.32 bits per heavy atom. The Kier molecular flexibility index (Phi) is 4.87. The maximum absolute atomic E-state index is 11.8. The van der Waals surface area contributed by atoms with Crippen molar-refractivity contribution in [1.29, 1.82) is 0 Å². The van der Waals surface area contributed by atoms with Crippen LogP contribution in [0.5, 0.6) is 0 Å². The van der Waals surface area contributed by atoms with Gasteiger partial charge in [0.15, 0.2) is 0 Å². The van der Waals surface area contributed by atoms with Gasteiger partial charge in [-0.25, -0.2) is 4.79 Å². The number of rotatable bonds is 5. The minimum atomic E-state index is -1.22. The smallest absolute Gasteiger partial charge is 0.323 e. The summed E-state index contributed by atoms with van der Waals surface area (Å²) in [6.07, 6.45) is 0. The summed E-state index contributed by atoms with van der Waals surface area (Å²) in [5, 5.41) is 11.2. The van der Waals surface area contributed by atoms with E-state index in [-0.39, 0.29) is 0 Å². The van der Waals surface area contributed by atoms with Crippen molar-refractivity contribution in [3.8, 4) is 0 Å². The SMILES string of the molecule is Cc1cccc(NC(=O)N(CC(N)=O)CC(=O)O)c1. The minimum absolute atomic E-state index is 0.454. The van der Waals surface area contributed by atoms with E-state index in [2.05, 4.69) is 5.32 Å². The number of benzene rings is 1. The lowest BCUT2D eigenvalue weighted by Crippen LogP contribution is -2.43. The van der Waals surface area contributed by atoms with Crippen LogP contribution < -0.4 is 11.1 Å². The zero-order valence-corrected chi connectivity index (χ0v) is 10.4. The van der Waals surface area contributed by atoms with Gasteiger partial charge in [-0.3, -0.25) is 9.59 Å². The third-order valence-electron chi connectivity index (χ3n) is 2.23. The number of hydrogen-bond donors (Lipinski definition) is 3. The van der Waals surface area contributed by atoms with Crippen LogP contribution in [0.3, 0.4) is 0 Å². The number of nitrogens with two attached hydrogens (primary N) is 1. The number of carbonyl (C=O) groups excluding carboxylic acids is 2. The van der Waals surface area contributed by atoms with Crippen LogP contribution in [0.25, 0.3) is 0 Å². The molecule has 0 saturated heterocycles. The predicted octanol–water partition coefficient (Wildman–Crippen LogP) is 0.399. The standard InChI is InChI=1S/C12H15N3O4/c1-8-3-2-4-9(5-8)14-12(19)15(6-10(13)16)7-11(17)18/h2-5H,6-7H2,1H3,(H2,13,16)(H,14,19)(H,17,18). The van der Waals surface area contributed by atoms with Crippen molar-refractivity contribution in [2.75, 3.05) is 18.4 Å². The van der Waals surface area contributed by atoms with E-state index in [9.17, 15) is 14.4 Å². The molecule has 0 aliphatic rings. The fraction of sp³-hybridized carbons (Fsp3) is 0.250. The molecule has 0 fully saturated rings. The van der Waals surface area contributed by atoms with Gasteiger partial charge in [0.2, 0.25) is 5.91 Å². The molecule has 1 aromatic rings. The van der Waals surface area contributed by atoms with Gasteiger partial charge in [0.05, 0.1) is 0 Å². The van der Waals surface area contributed by atoms with Crippen molar-refractivity contribution >= 4 is 23.6 Å². The molecular formula is C12H15N3O4. The molecule has 0 radical (unpaired) electrons. The highest BCUT2D eigenvalue weighted by molar-refractivity contribution is 5.94. The first-order chi connectivity index (χ1) is 8.88. The van der Waals surface area contributed by atoms with E-state index in [1.165, 1.54) is 0 Å². The Bertz CT molecular complexity index is 486. The van der Waals surface area contributed by atoms with Gasteiger partial charge in [0.25, 0.3) is 0 Å². The molecular weight excluding hydrogens is 250 g/mol. The molecule has 0 atom stereocenters. The number of urea groups is 1. The van der Waals surface area contributed by atoms with E-state index in [0.29, 0.717) is 5.69 Å². The second kappa shape index (κ2) is 6.39. The number of primary amides is 1. The molecule has 19 heavy (non-hydrogen) atoms. The van der Waals surface area contributed by atoms with Crippen LogP contribution >= 0.6 is 0 Å². The van der Waals surface area contributed by atoms with E-state index in [0.717, 1.165) is 10.5 Å². The van der Waals surface area contributed by atoms with Crippen molar-refractivity contribution in [1.82, 2.24) is 4.90 Å². The van der Waals surface area contributed by atoms with Crippen molar-refractivity contribution < 1.29 is 19.5 Å². The summed E-state index contributed by atoms with van der Waals surface area (Å²) < 4.78 is 0. The van der Waals surface area contributed by atoms with Crippen LogP contribution in [0.1, 0.15) is 5.56 Å². The number of amides is 3. The van der Waals surface area contributed by atoms with Gasteiger partial charge in [-0.05, 0) is 24.6 Å². The van der Waals surface area contributed by atoms with Crippen LogP contribution in [-0.4, -0.2) is 41.0 Å². The zero-order valence-electron chi connectivity index (χ0n) is 10.4. The summed E-state index contributed by atoms with van der Waals surface area (Å²) in [6.45, 7) is 0.804. The Balaban J connectivity index is 2.76. The number of aliphatic carboxylic acids is 1. The average Bonchev–Trinajstić information content (AvgIpc) is 2.26. The van der Waals surface area contributed by atoms with Crippen LogP contribution in [0.15, 0.2) is 24.3 Å². The molecule has 4 N–H and O–H groups in total. The molecule has 7 nitrogen and oxygen atoms in total. The molecule has 0 saturated carbocycles. The van der Waals surface area contributed by atoms with Gasteiger partial charge in [-0.2, -0.15) is 0 Å². The van der Waals surface area contributed by atoms with Crippen LogP contribution in [0.2, 0.25) is 0 Å². The topological polar surface area (TPSA) is 113 Å². The summed E-state index contributed by atoms with van der Waals surface area (Å²) in [7, 11) is 0. The van der Waals surface area contributed by atoms with Crippen LogP contribution in [-0.2, 0) is 9.59 Å². The van der Waals surface area contributed by atoms with Crippen molar-refractivity contribution in [3.05, 3.63) is 29.8 Å². The molecule has 0 spiro atoms. The van der Waals surface area contributed by atoms with Gasteiger partial charge in [-0.15, -0.1) is 0 Å². The molecule has 1 aromatic carbocycles. The first kappa shape index (κ1) is 14.5. The number of carbonyl (C=O) groups is 3. The summed E-state index contributed by atoms with van der Waals surface area (Å²) in [6, 6.07) is 6.30. The Labute approximate surface area is 110 Å². The maximum atomic E-state index is 11.8. The van der Waals surface area contributed by atoms with E-state index in [4.69, 9.17) is 10.8 Å². The fourth-order valence-corrected chi connectivity index (χ4v) is 1.48. The van der Waals surface area contributed by atoms with Crippen LogP contribution in [0.4, 0.5) is 10.5 Å².